The first-order chi connectivity index (χ1) is 9.58. The van der Waals surface area contributed by atoms with Crippen LogP contribution >= 0.6 is 0 Å². The van der Waals surface area contributed by atoms with Crippen molar-refractivity contribution in [2.45, 2.75) is 44.4 Å². The van der Waals surface area contributed by atoms with E-state index in [4.69, 9.17) is 4.74 Å². The molecule has 1 aromatic carbocycles. The monoisotopic (exact) mass is 278 g/mol. The molecule has 2 rings (SSSR count). The van der Waals surface area contributed by atoms with Crippen molar-refractivity contribution in [3.63, 3.8) is 0 Å². The zero-order valence-corrected chi connectivity index (χ0v) is 12.7. The van der Waals surface area contributed by atoms with E-state index >= 15 is 0 Å². The molecule has 1 fully saturated rings. The summed E-state index contributed by atoms with van der Waals surface area (Å²) in [6.45, 7) is 0.919. The second-order valence-electron chi connectivity index (χ2n) is 5.92. The van der Waals surface area contributed by atoms with E-state index in [1.165, 1.54) is 5.56 Å². The Morgan fingerprint density at radius 3 is 2.55 bits per heavy atom. The van der Waals surface area contributed by atoms with Crippen LogP contribution in [-0.2, 0) is 6.54 Å². The van der Waals surface area contributed by atoms with Crippen LogP contribution in [-0.4, -0.2) is 43.4 Å². The molecule has 0 saturated heterocycles. The van der Waals surface area contributed by atoms with E-state index in [9.17, 15) is 5.11 Å². The molecule has 0 unspecified atom stereocenters. The molecular formula is C16H26N2O2. The number of methoxy groups -OCH3 is 1. The second kappa shape index (κ2) is 6.95. The molecule has 1 aliphatic carbocycles. The zero-order valence-electron chi connectivity index (χ0n) is 12.7. The van der Waals surface area contributed by atoms with E-state index in [1.807, 2.05) is 6.07 Å². The largest absolute Gasteiger partial charge is 0.495 e. The fourth-order valence-corrected chi connectivity index (χ4v) is 2.77. The summed E-state index contributed by atoms with van der Waals surface area (Å²) in [6.07, 6.45) is 3.69. The van der Waals surface area contributed by atoms with Gasteiger partial charge in [0.2, 0.25) is 0 Å². The molecular weight excluding hydrogens is 252 g/mol. The molecule has 1 aliphatic rings. The number of hydrogen-bond acceptors (Lipinski definition) is 4. The van der Waals surface area contributed by atoms with Gasteiger partial charge in [0.1, 0.15) is 5.75 Å². The van der Waals surface area contributed by atoms with Crippen molar-refractivity contribution in [2.24, 2.45) is 0 Å². The lowest BCUT2D eigenvalue weighted by atomic mass is 9.93. The van der Waals surface area contributed by atoms with Crippen LogP contribution in [0.5, 0.6) is 5.75 Å². The minimum Gasteiger partial charge on any atom is -0.495 e. The number of ether oxygens (including phenoxy) is 1. The number of anilines is 1. The van der Waals surface area contributed by atoms with Crippen LogP contribution in [0.4, 0.5) is 5.69 Å². The fraction of sp³-hybridized carbons (Fsp3) is 0.625. The summed E-state index contributed by atoms with van der Waals surface area (Å²) in [6, 6.07) is 6.74. The molecule has 2 N–H and O–H groups in total. The van der Waals surface area contributed by atoms with Gasteiger partial charge in [0.15, 0.2) is 0 Å². The molecule has 20 heavy (non-hydrogen) atoms. The Morgan fingerprint density at radius 1 is 1.25 bits per heavy atom. The maximum Gasteiger partial charge on any atom is 0.141 e. The molecule has 0 amide bonds. The number of aliphatic hydroxyl groups is 1. The lowest BCUT2D eigenvalue weighted by Gasteiger charge is -2.28. The van der Waals surface area contributed by atoms with Gasteiger partial charge in [0.05, 0.1) is 18.9 Å². The summed E-state index contributed by atoms with van der Waals surface area (Å²) in [4.78, 5) is 2.16. The van der Waals surface area contributed by atoms with Gasteiger partial charge in [0, 0.05) is 12.6 Å². The number of benzene rings is 1. The summed E-state index contributed by atoms with van der Waals surface area (Å²) in [5.41, 5.74) is 2.34. The number of aliphatic hydroxyl groups excluding tert-OH is 1. The Morgan fingerprint density at radius 2 is 1.95 bits per heavy atom. The predicted octanol–water partition coefficient (Wildman–Crippen LogP) is 2.47. The highest BCUT2D eigenvalue weighted by Crippen LogP contribution is 2.29. The Kier molecular flexibility index (Phi) is 5.26. The number of nitrogens with one attached hydrogen (secondary N) is 1. The minimum absolute atomic E-state index is 0.116. The Labute approximate surface area is 121 Å². The topological polar surface area (TPSA) is 44.7 Å². The van der Waals surface area contributed by atoms with Gasteiger partial charge in [-0.25, -0.2) is 0 Å². The van der Waals surface area contributed by atoms with Crippen LogP contribution < -0.4 is 10.1 Å². The van der Waals surface area contributed by atoms with E-state index in [0.717, 1.165) is 43.7 Å². The predicted molar refractivity (Wildman–Crippen MR) is 82.3 cm³/mol. The maximum absolute atomic E-state index is 9.58. The van der Waals surface area contributed by atoms with Crippen molar-refractivity contribution in [3.05, 3.63) is 23.8 Å². The van der Waals surface area contributed by atoms with Crippen LogP contribution in [0.25, 0.3) is 0 Å². The van der Waals surface area contributed by atoms with Crippen molar-refractivity contribution in [1.82, 2.24) is 4.90 Å². The Balaban J connectivity index is 2.07. The van der Waals surface area contributed by atoms with Crippen LogP contribution in [0, 0.1) is 0 Å². The third-order valence-electron chi connectivity index (χ3n) is 3.82. The quantitative estimate of drug-likeness (QED) is 0.868. The van der Waals surface area contributed by atoms with Crippen molar-refractivity contribution < 1.29 is 9.84 Å². The summed E-state index contributed by atoms with van der Waals surface area (Å²) >= 11 is 0. The molecule has 1 saturated carbocycles. The lowest BCUT2D eigenvalue weighted by molar-refractivity contribution is 0.126. The van der Waals surface area contributed by atoms with Crippen molar-refractivity contribution >= 4 is 5.69 Å². The van der Waals surface area contributed by atoms with Crippen molar-refractivity contribution in [2.75, 3.05) is 26.5 Å². The number of hydrogen-bond donors (Lipinski definition) is 2. The van der Waals surface area contributed by atoms with Gasteiger partial charge >= 0.3 is 0 Å². The van der Waals surface area contributed by atoms with E-state index in [2.05, 4.69) is 36.4 Å². The summed E-state index contributed by atoms with van der Waals surface area (Å²) in [7, 11) is 5.84. The maximum atomic E-state index is 9.58. The summed E-state index contributed by atoms with van der Waals surface area (Å²) in [5, 5.41) is 13.2. The van der Waals surface area contributed by atoms with Gasteiger partial charge in [-0.3, -0.25) is 0 Å². The zero-order chi connectivity index (χ0) is 14.5. The van der Waals surface area contributed by atoms with Gasteiger partial charge in [-0.15, -0.1) is 0 Å². The van der Waals surface area contributed by atoms with Gasteiger partial charge in [-0.1, -0.05) is 6.07 Å². The molecule has 0 atom stereocenters. The highest BCUT2D eigenvalue weighted by Gasteiger charge is 2.20. The van der Waals surface area contributed by atoms with Crippen molar-refractivity contribution in [3.8, 4) is 5.75 Å². The summed E-state index contributed by atoms with van der Waals surface area (Å²) < 4.78 is 5.44. The van der Waals surface area contributed by atoms with Crippen LogP contribution in [0.3, 0.4) is 0 Å². The average Bonchev–Trinajstić information content (AvgIpc) is 2.41. The van der Waals surface area contributed by atoms with E-state index in [-0.39, 0.29) is 6.10 Å². The number of rotatable bonds is 5. The lowest BCUT2D eigenvalue weighted by Crippen LogP contribution is -2.28. The molecule has 112 valence electrons. The average molecular weight is 278 g/mol. The fourth-order valence-electron chi connectivity index (χ4n) is 2.77. The molecule has 4 heteroatoms. The van der Waals surface area contributed by atoms with Crippen molar-refractivity contribution in [1.29, 1.82) is 0 Å². The minimum atomic E-state index is -0.116. The Bertz CT molecular complexity index is 426. The highest BCUT2D eigenvalue weighted by molar-refractivity contribution is 5.58. The normalized spacial score (nSPS) is 22.9. The molecule has 4 nitrogen and oxygen atoms in total. The standard InChI is InChI=1S/C16H26N2O2/c1-18(2)11-12-4-9-16(20-3)15(10-12)17-13-5-7-14(19)8-6-13/h4,9-10,13-14,17,19H,5-8,11H2,1-3H3. The van der Waals surface area contributed by atoms with Gasteiger partial charge in [-0.05, 0) is 57.5 Å². The molecule has 1 aromatic rings. The second-order valence-corrected chi connectivity index (χ2v) is 5.92. The van der Waals surface area contributed by atoms with Gasteiger partial charge < -0.3 is 20.1 Å². The van der Waals surface area contributed by atoms with E-state index in [0.29, 0.717) is 6.04 Å². The molecule has 0 aromatic heterocycles. The van der Waals surface area contributed by atoms with Crippen LogP contribution in [0.15, 0.2) is 18.2 Å². The van der Waals surface area contributed by atoms with Gasteiger partial charge in [-0.2, -0.15) is 0 Å². The molecule has 0 radical (unpaired) electrons. The SMILES string of the molecule is COc1ccc(CN(C)C)cc1NC1CCC(O)CC1. The van der Waals surface area contributed by atoms with Crippen LogP contribution in [0.1, 0.15) is 31.2 Å². The van der Waals surface area contributed by atoms with Gasteiger partial charge in [0.25, 0.3) is 0 Å². The first-order valence-corrected chi connectivity index (χ1v) is 7.34. The molecule has 0 spiro atoms. The highest BCUT2D eigenvalue weighted by atomic mass is 16.5. The van der Waals surface area contributed by atoms with E-state index in [1.54, 1.807) is 7.11 Å². The Hall–Kier alpha value is -1.26. The van der Waals surface area contributed by atoms with Crippen LogP contribution in [0.2, 0.25) is 0 Å². The number of nitrogens with zero attached hydrogens (tertiary/aromatic N) is 1. The smallest absolute Gasteiger partial charge is 0.141 e. The third-order valence-corrected chi connectivity index (χ3v) is 3.82. The first kappa shape index (κ1) is 15.1. The third kappa shape index (κ3) is 4.12. The van der Waals surface area contributed by atoms with E-state index < -0.39 is 0 Å². The molecule has 0 aliphatic heterocycles. The molecule has 0 bridgehead atoms. The first-order valence-electron chi connectivity index (χ1n) is 7.34. The molecule has 0 heterocycles. The summed E-state index contributed by atoms with van der Waals surface area (Å²) in [5.74, 6) is 0.888.